The number of carbonyl (C=O) groups is 2. The largest absolute Gasteiger partial charge is 0.505 e. The summed E-state index contributed by atoms with van der Waals surface area (Å²) in [6.07, 6.45) is 1.91. The number of fused-ring (bicyclic) bond motifs is 1. The van der Waals surface area contributed by atoms with E-state index in [9.17, 15) is 23.9 Å². The Kier molecular flexibility index (Phi) is 6.99. The highest BCUT2D eigenvalue weighted by atomic mass is 19.1. The van der Waals surface area contributed by atoms with Crippen molar-refractivity contribution >= 4 is 22.8 Å². The molecule has 0 saturated heterocycles. The zero-order valence-electron chi connectivity index (χ0n) is 18.1. The second kappa shape index (κ2) is 9.69. The maximum atomic E-state index is 13.8. The highest BCUT2D eigenvalue weighted by Crippen LogP contribution is 2.26. The minimum atomic E-state index is -0.910. The van der Waals surface area contributed by atoms with Crippen LogP contribution >= 0.6 is 0 Å². The summed E-state index contributed by atoms with van der Waals surface area (Å²) in [4.78, 5) is 40.2. The first-order valence-corrected chi connectivity index (χ1v) is 10.1. The van der Waals surface area contributed by atoms with Gasteiger partial charge >= 0.3 is 5.97 Å². The first-order valence-electron chi connectivity index (χ1n) is 10.1. The third-order valence-corrected chi connectivity index (χ3v) is 5.00. The number of carbonyl (C=O) groups excluding carboxylic acids is 2. The van der Waals surface area contributed by atoms with Gasteiger partial charge in [0.15, 0.2) is 11.3 Å². The maximum absolute atomic E-state index is 13.8. The summed E-state index contributed by atoms with van der Waals surface area (Å²) >= 11 is 0. The molecule has 9 heteroatoms. The van der Waals surface area contributed by atoms with Crippen LogP contribution in [0.4, 0.5) is 4.39 Å². The molecule has 0 aliphatic rings. The van der Waals surface area contributed by atoms with E-state index in [1.54, 1.807) is 19.1 Å². The average molecular weight is 441 g/mol. The number of rotatable bonds is 8. The minimum absolute atomic E-state index is 0.0235. The number of pyridine rings is 2. The summed E-state index contributed by atoms with van der Waals surface area (Å²) in [6, 6.07) is 6.11. The fraction of sp³-hybridized carbons (Fsp3) is 0.304. The number of nitrogens with zero attached hydrogens (tertiary/aromatic N) is 2. The quantitative estimate of drug-likeness (QED) is 0.516. The van der Waals surface area contributed by atoms with Crippen molar-refractivity contribution in [2.45, 2.75) is 26.8 Å². The molecule has 1 aromatic carbocycles. The van der Waals surface area contributed by atoms with Gasteiger partial charge in [-0.1, -0.05) is 6.07 Å². The van der Waals surface area contributed by atoms with Gasteiger partial charge in [0, 0.05) is 19.8 Å². The highest BCUT2D eigenvalue weighted by molar-refractivity contribution is 5.98. The zero-order valence-corrected chi connectivity index (χ0v) is 18.1. The van der Waals surface area contributed by atoms with Gasteiger partial charge in [0.25, 0.3) is 5.56 Å². The summed E-state index contributed by atoms with van der Waals surface area (Å²) < 4.78 is 19.9. The number of esters is 1. The highest BCUT2D eigenvalue weighted by Gasteiger charge is 2.23. The van der Waals surface area contributed by atoms with Crippen molar-refractivity contribution in [1.82, 2.24) is 14.9 Å². The smallest absolute Gasteiger partial charge is 0.347 e. The van der Waals surface area contributed by atoms with E-state index in [1.807, 2.05) is 0 Å². The Morgan fingerprint density at radius 1 is 1.25 bits per heavy atom. The van der Waals surface area contributed by atoms with Crippen molar-refractivity contribution in [2.75, 3.05) is 13.2 Å². The lowest BCUT2D eigenvalue weighted by Gasteiger charge is -2.13. The Labute approximate surface area is 183 Å². The third kappa shape index (κ3) is 4.83. The molecule has 3 aromatic rings. The van der Waals surface area contributed by atoms with Gasteiger partial charge in [-0.25, -0.2) is 9.18 Å². The van der Waals surface area contributed by atoms with Crippen LogP contribution in [0.1, 0.15) is 40.9 Å². The molecule has 0 spiro atoms. The van der Waals surface area contributed by atoms with Gasteiger partial charge < -0.3 is 19.7 Å². The molecule has 0 fully saturated rings. The van der Waals surface area contributed by atoms with Crippen LogP contribution in [0.3, 0.4) is 0 Å². The van der Waals surface area contributed by atoms with E-state index in [0.717, 1.165) is 11.1 Å². The standard InChI is InChI=1S/C23H24FN3O5/c1-4-32-23(31)19-21(29)20-18(27(3)22(19)30)8-14(11-26-20)7-15-5-6-17(24)9-16(15)12-25-10-13(2)28/h5-6,8-9,11,25,29H,4,7,10,12H2,1-3H3. The van der Waals surface area contributed by atoms with E-state index in [0.29, 0.717) is 24.0 Å². The fourth-order valence-corrected chi connectivity index (χ4v) is 3.44. The first-order chi connectivity index (χ1) is 15.2. The Bertz CT molecular complexity index is 1250. The predicted octanol–water partition coefficient (Wildman–Crippen LogP) is 2.22. The topological polar surface area (TPSA) is 111 Å². The molecule has 168 valence electrons. The van der Waals surface area contributed by atoms with Crippen LogP contribution in [0.5, 0.6) is 5.75 Å². The number of aryl methyl sites for hydroxylation is 1. The molecule has 0 saturated carbocycles. The molecule has 2 N–H and O–H groups in total. The lowest BCUT2D eigenvalue weighted by Crippen LogP contribution is -2.26. The van der Waals surface area contributed by atoms with E-state index in [4.69, 9.17) is 4.74 Å². The summed E-state index contributed by atoms with van der Waals surface area (Å²) in [7, 11) is 1.48. The van der Waals surface area contributed by atoms with Crippen LogP contribution in [-0.2, 0) is 29.5 Å². The van der Waals surface area contributed by atoms with Gasteiger partial charge in [-0.3, -0.25) is 14.6 Å². The number of halogens is 1. The van der Waals surface area contributed by atoms with Crippen LogP contribution in [0, 0.1) is 5.82 Å². The second-order valence-electron chi connectivity index (χ2n) is 7.41. The van der Waals surface area contributed by atoms with Crippen molar-refractivity contribution in [1.29, 1.82) is 0 Å². The van der Waals surface area contributed by atoms with Crippen LogP contribution in [-0.4, -0.2) is 39.6 Å². The zero-order chi connectivity index (χ0) is 23.4. The Balaban J connectivity index is 1.99. The number of ether oxygens (including phenoxy) is 1. The van der Waals surface area contributed by atoms with Gasteiger partial charge in [-0.15, -0.1) is 0 Å². The molecule has 0 bridgehead atoms. The van der Waals surface area contributed by atoms with Crippen molar-refractivity contribution < 1.29 is 23.8 Å². The molecule has 8 nitrogen and oxygen atoms in total. The molecule has 0 unspecified atom stereocenters. The van der Waals surface area contributed by atoms with Gasteiger partial charge in [-0.2, -0.15) is 0 Å². The molecule has 0 aliphatic heterocycles. The van der Waals surface area contributed by atoms with Crippen LogP contribution in [0.2, 0.25) is 0 Å². The third-order valence-electron chi connectivity index (χ3n) is 5.00. The molecular formula is C23H24FN3O5. The van der Waals surface area contributed by atoms with E-state index in [-0.39, 0.29) is 30.3 Å². The fourth-order valence-electron chi connectivity index (χ4n) is 3.44. The normalized spacial score (nSPS) is 11.0. The number of aromatic nitrogens is 2. The summed E-state index contributed by atoms with van der Waals surface area (Å²) in [6.45, 7) is 3.62. The van der Waals surface area contributed by atoms with Crippen LogP contribution < -0.4 is 10.9 Å². The number of hydrogen-bond donors (Lipinski definition) is 2. The van der Waals surface area contributed by atoms with Crippen LogP contribution in [0.15, 0.2) is 35.3 Å². The Morgan fingerprint density at radius 3 is 2.69 bits per heavy atom. The molecule has 0 atom stereocenters. The molecule has 32 heavy (non-hydrogen) atoms. The number of benzene rings is 1. The van der Waals surface area contributed by atoms with E-state index in [1.165, 1.54) is 36.9 Å². The lowest BCUT2D eigenvalue weighted by atomic mass is 10.00. The molecule has 3 rings (SSSR count). The monoisotopic (exact) mass is 441 g/mol. The Hall–Kier alpha value is -3.59. The van der Waals surface area contributed by atoms with E-state index >= 15 is 0 Å². The number of nitrogens with one attached hydrogen (secondary N) is 1. The SMILES string of the molecule is CCOC(=O)c1c(O)c2ncc(Cc3ccc(F)cc3CNCC(C)=O)cc2n(C)c1=O. The molecule has 2 heterocycles. The molecule has 0 radical (unpaired) electrons. The number of Topliss-reactive ketones (excluding diaryl/α,β-unsaturated/α-hetero) is 1. The molecule has 2 aromatic heterocycles. The number of ketones is 1. The molecule has 0 amide bonds. The minimum Gasteiger partial charge on any atom is -0.505 e. The van der Waals surface area contributed by atoms with Crippen molar-refractivity contribution in [3.63, 3.8) is 0 Å². The van der Waals surface area contributed by atoms with E-state index in [2.05, 4.69) is 10.3 Å². The molecular weight excluding hydrogens is 417 g/mol. The van der Waals surface area contributed by atoms with Crippen molar-refractivity contribution in [2.24, 2.45) is 7.05 Å². The van der Waals surface area contributed by atoms with Crippen molar-refractivity contribution in [3.05, 3.63) is 68.9 Å². The second-order valence-corrected chi connectivity index (χ2v) is 7.41. The van der Waals surface area contributed by atoms with E-state index < -0.39 is 22.8 Å². The molecule has 0 aliphatic carbocycles. The lowest BCUT2D eigenvalue weighted by molar-refractivity contribution is -0.116. The number of aromatic hydroxyl groups is 1. The van der Waals surface area contributed by atoms with Crippen molar-refractivity contribution in [3.8, 4) is 5.75 Å². The predicted molar refractivity (Wildman–Crippen MR) is 116 cm³/mol. The Morgan fingerprint density at radius 2 is 2.00 bits per heavy atom. The first kappa shape index (κ1) is 23.1. The number of hydrogen-bond acceptors (Lipinski definition) is 7. The maximum Gasteiger partial charge on any atom is 0.347 e. The van der Waals surface area contributed by atoms with Gasteiger partial charge in [0.05, 0.1) is 18.7 Å². The van der Waals surface area contributed by atoms with Gasteiger partial charge in [0.2, 0.25) is 0 Å². The van der Waals surface area contributed by atoms with Gasteiger partial charge in [0.1, 0.15) is 17.1 Å². The summed E-state index contributed by atoms with van der Waals surface area (Å²) in [5.41, 5.74) is 1.53. The van der Waals surface area contributed by atoms with Gasteiger partial charge in [-0.05, 0) is 55.2 Å². The summed E-state index contributed by atoms with van der Waals surface area (Å²) in [5, 5.41) is 13.5. The average Bonchev–Trinajstić information content (AvgIpc) is 2.74. The van der Waals surface area contributed by atoms with Crippen LogP contribution in [0.25, 0.3) is 11.0 Å². The summed E-state index contributed by atoms with van der Waals surface area (Å²) in [5.74, 6) is -1.84.